The highest BCUT2D eigenvalue weighted by Gasteiger charge is 2.29. The molecule has 1 aromatic carbocycles. The van der Waals surface area contributed by atoms with Crippen molar-refractivity contribution in [3.8, 4) is 0 Å². The molecule has 2 amide bonds. The highest BCUT2D eigenvalue weighted by molar-refractivity contribution is 7.89. The number of benzene rings is 1. The summed E-state index contributed by atoms with van der Waals surface area (Å²) in [5.41, 5.74) is 0.270. The quantitative estimate of drug-likeness (QED) is 0.603. The van der Waals surface area contributed by atoms with Crippen LogP contribution in [0.2, 0.25) is 0 Å². The Kier molecular flexibility index (Phi) is 6.51. The van der Waals surface area contributed by atoms with Crippen molar-refractivity contribution >= 4 is 21.8 Å². The number of hydrogen-bond donors (Lipinski definition) is 3. The number of likely N-dealkylation sites (N-methyl/N-ethyl adjacent to an activating group) is 1. The SMILES string of the molecule is CCN[C@H](C)CNC(=O)c1cccc(S(=O)(=O)N2CCNC(=O)C2)c1. The van der Waals surface area contributed by atoms with E-state index in [-0.39, 0.29) is 47.9 Å². The van der Waals surface area contributed by atoms with Crippen LogP contribution >= 0.6 is 0 Å². The number of amides is 2. The minimum absolute atomic E-state index is 0.00887. The predicted octanol–water partition coefficient (Wildman–Crippen LogP) is -0.465. The first-order valence-corrected chi connectivity index (χ1v) is 9.67. The number of sulfonamides is 1. The van der Waals surface area contributed by atoms with Crippen LogP contribution in [0, 0.1) is 0 Å². The minimum atomic E-state index is -3.81. The van der Waals surface area contributed by atoms with Crippen LogP contribution in [0.4, 0.5) is 0 Å². The molecule has 25 heavy (non-hydrogen) atoms. The van der Waals surface area contributed by atoms with E-state index in [1.54, 1.807) is 6.07 Å². The average Bonchev–Trinajstić information content (AvgIpc) is 2.60. The lowest BCUT2D eigenvalue weighted by Crippen LogP contribution is -2.49. The van der Waals surface area contributed by atoms with Gasteiger partial charge in [0.15, 0.2) is 0 Å². The van der Waals surface area contributed by atoms with Gasteiger partial charge < -0.3 is 16.0 Å². The van der Waals surface area contributed by atoms with Crippen LogP contribution in [-0.2, 0) is 14.8 Å². The van der Waals surface area contributed by atoms with E-state index in [9.17, 15) is 18.0 Å². The summed E-state index contributed by atoms with van der Waals surface area (Å²) in [5, 5.41) is 8.54. The zero-order valence-corrected chi connectivity index (χ0v) is 15.2. The molecule has 0 spiro atoms. The second kappa shape index (κ2) is 8.41. The van der Waals surface area contributed by atoms with Gasteiger partial charge in [0.25, 0.3) is 5.91 Å². The van der Waals surface area contributed by atoms with E-state index in [2.05, 4.69) is 16.0 Å². The number of nitrogens with one attached hydrogen (secondary N) is 3. The van der Waals surface area contributed by atoms with E-state index >= 15 is 0 Å². The van der Waals surface area contributed by atoms with E-state index in [1.807, 2.05) is 13.8 Å². The molecule has 2 rings (SSSR count). The van der Waals surface area contributed by atoms with Crippen molar-refractivity contribution in [2.24, 2.45) is 0 Å². The Balaban J connectivity index is 2.12. The van der Waals surface area contributed by atoms with E-state index in [0.29, 0.717) is 6.54 Å². The summed E-state index contributed by atoms with van der Waals surface area (Å²) in [6.07, 6.45) is 0. The standard InChI is InChI=1S/C16H24N4O4S/c1-3-17-12(2)10-19-16(22)13-5-4-6-14(9-13)25(23,24)20-8-7-18-15(21)11-20/h4-6,9,12,17H,3,7-8,10-11H2,1-2H3,(H,18,21)(H,19,22)/t12-/m1/s1. The lowest BCUT2D eigenvalue weighted by Gasteiger charge is -2.26. The Morgan fingerprint density at radius 2 is 2.16 bits per heavy atom. The molecule has 9 heteroatoms. The van der Waals surface area contributed by atoms with E-state index in [4.69, 9.17) is 0 Å². The zero-order chi connectivity index (χ0) is 18.4. The van der Waals surface area contributed by atoms with Gasteiger partial charge in [-0.25, -0.2) is 8.42 Å². The maximum absolute atomic E-state index is 12.7. The lowest BCUT2D eigenvalue weighted by molar-refractivity contribution is -0.122. The van der Waals surface area contributed by atoms with Crippen molar-refractivity contribution in [1.29, 1.82) is 0 Å². The first kappa shape index (κ1) is 19.4. The molecule has 1 aliphatic rings. The van der Waals surface area contributed by atoms with Crippen LogP contribution in [0.5, 0.6) is 0 Å². The maximum atomic E-state index is 12.7. The first-order chi connectivity index (χ1) is 11.8. The van der Waals surface area contributed by atoms with Gasteiger partial charge in [0.1, 0.15) is 0 Å². The van der Waals surface area contributed by atoms with Gasteiger partial charge >= 0.3 is 0 Å². The average molecular weight is 368 g/mol. The number of carbonyl (C=O) groups is 2. The van der Waals surface area contributed by atoms with Crippen molar-refractivity contribution in [3.63, 3.8) is 0 Å². The fourth-order valence-electron chi connectivity index (χ4n) is 2.54. The molecule has 1 saturated heterocycles. The fraction of sp³-hybridized carbons (Fsp3) is 0.500. The largest absolute Gasteiger partial charge is 0.354 e. The molecular weight excluding hydrogens is 344 g/mol. The first-order valence-electron chi connectivity index (χ1n) is 8.23. The summed E-state index contributed by atoms with van der Waals surface area (Å²) in [4.78, 5) is 23.7. The van der Waals surface area contributed by atoms with Crippen LogP contribution in [-0.4, -0.2) is 63.3 Å². The van der Waals surface area contributed by atoms with Gasteiger partial charge in [0, 0.05) is 31.2 Å². The maximum Gasteiger partial charge on any atom is 0.251 e. The number of carbonyl (C=O) groups excluding carboxylic acids is 2. The molecule has 0 unspecified atom stereocenters. The lowest BCUT2D eigenvalue weighted by atomic mass is 10.2. The number of rotatable bonds is 7. The molecule has 0 aliphatic carbocycles. The summed E-state index contributed by atoms with van der Waals surface area (Å²) in [6, 6.07) is 5.98. The van der Waals surface area contributed by atoms with E-state index in [1.165, 1.54) is 18.2 Å². The van der Waals surface area contributed by atoms with Crippen LogP contribution in [0.15, 0.2) is 29.2 Å². The Morgan fingerprint density at radius 1 is 1.40 bits per heavy atom. The number of piperazine rings is 1. The topological polar surface area (TPSA) is 108 Å². The summed E-state index contributed by atoms with van der Waals surface area (Å²) in [7, 11) is -3.81. The second-order valence-electron chi connectivity index (χ2n) is 5.89. The van der Waals surface area contributed by atoms with Gasteiger partial charge in [-0.3, -0.25) is 9.59 Å². The third kappa shape index (κ3) is 5.00. The van der Waals surface area contributed by atoms with Crippen LogP contribution in [0.25, 0.3) is 0 Å². The van der Waals surface area contributed by atoms with Crippen molar-refractivity contribution in [3.05, 3.63) is 29.8 Å². The molecule has 3 N–H and O–H groups in total. The Hall–Kier alpha value is -1.97. The van der Waals surface area contributed by atoms with Crippen LogP contribution < -0.4 is 16.0 Å². The van der Waals surface area contributed by atoms with Crippen LogP contribution in [0.1, 0.15) is 24.2 Å². The van der Waals surface area contributed by atoms with Gasteiger partial charge in [-0.2, -0.15) is 4.31 Å². The molecule has 8 nitrogen and oxygen atoms in total. The van der Waals surface area contributed by atoms with Gasteiger partial charge in [0.2, 0.25) is 15.9 Å². The van der Waals surface area contributed by atoms with Crippen molar-refractivity contribution in [1.82, 2.24) is 20.3 Å². The summed E-state index contributed by atoms with van der Waals surface area (Å²) in [5.74, 6) is -0.667. The fourth-order valence-corrected chi connectivity index (χ4v) is 3.98. The molecule has 1 heterocycles. The summed E-state index contributed by atoms with van der Waals surface area (Å²) < 4.78 is 26.4. The van der Waals surface area contributed by atoms with Crippen LogP contribution in [0.3, 0.4) is 0 Å². The molecule has 1 atom stereocenters. The van der Waals surface area contributed by atoms with Gasteiger partial charge in [0.05, 0.1) is 11.4 Å². The number of hydrogen-bond acceptors (Lipinski definition) is 5. The highest BCUT2D eigenvalue weighted by atomic mass is 32.2. The molecule has 0 saturated carbocycles. The minimum Gasteiger partial charge on any atom is -0.354 e. The highest BCUT2D eigenvalue weighted by Crippen LogP contribution is 2.17. The molecule has 1 aromatic rings. The second-order valence-corrected chi connectivity index (χ2v) is 7.82. The van der Waals surface area contributed by atoms with E-state index < -0.39 is 10.0 Å². The molecule has 0 aromatic heterocycles. The third-order valence-electron chi connectivity index (χ3n) is 3.86. The van der Waals surface area contributed by atoms with Gasteiger partial charge in [-0.05, 0) is 31.7 Å². The van der Waals surface area contributed by atoms with E-state index in [0.717, 1.165) is 10.8 Å². The molecule has 0 radical (unpaired) electrons. The molecule has 1 fully saturated rings. The molecule has 1 aliphatic heterocycles. The Morgan fingerprint density at radius 3 is 2.84 bits per heavy atom. The van der Waals surface area contributed by atoms with Crippen molar-refractivity contribution in [2.45, 2.75) is 24.8 Å². The monoisotopic (exact) mass is 368 g/mol. The summed E-state index contributed by atoms with van der Waals surface area (Å²) >= 11 is 0. The summed E-state index contributed by atoms with van der Waals surface area (Å²) in [6.45, 7) is 5.45. The molecule has 0 bridgehead atoms. The zero-order valence-electron chi connectivity index (χ0n) is 14.4. The number of nitrogens with zero attached hydrogens (tertiary/aromatic N) is 1. The smallest absolute Gasteiger partial charge is 0.251 e. The Labute approximate surface area is 148 Å². The Bertz CT molecular complexity index is 735. The molecular formula is C16H24N4O4S. The van der Waals surface area contributed by atoms with Crippen molar-refractivity contribution in [2.75, 3.05) is 32.7 Å². The molecule has 138 valence electrons. The normalized spacial score (nSPS) is 17.0. The predicted molar refractivity (Wildman–Crippen MR) is 93.7 cm³/mol. The third-order valence-corrected chi connectivity index (χ3v) is 5.70. The van der Waals surface area contributed by atoms with Gasteiger partial charge in [-0.1, -0.05) is 13.0 Å². The van der Waals surface area contributed by atoms with Gasteiger partial charge in [-0.15, -0.1) is 0 Å². The van der Waals surface area contributed by atoms with Crippen molar-refractivity contribution < 1.29 is 18.0 Å².